The van der Waals surface area contributed by atoms with Crippen molar-refractivity contribution < 1.29 is 33.4 Å². The zero-order chi connectivity index (χ0) is 23.4. The van der Waals surface area contributed by atoms with E-state index in [0.29, 0.717) is 6.42 Å². The van der Waals surface area contributed by atoms with Crippen molar-refractivity contribution >= 4 is 23.9 Å². The summed E-state index contributed by atoms with van der Waals surface area (Å²) in [6, 6.07) is 7.13. The first-order valence-electron chi connectivity index (χ1n) is 10.1. The van der Waals surface area contributed by atoms with Crippen LogP contribution in [0.5, 0.6) is 0 Å². The molecule has 1 rings (SSSR count). The summed E-state index contributed by atoms with van der Waals surface area (Å²) < 4.78 is 14.6. The van der Waals surface area contributed by atoms with Crippen molar-refractivity contribution in [2.75, 3.05) is 14.2 Å². The fourth-order valence-electron chi connectivity index (χ4n) is 2.89. The minimum absolute atomic E-state index is 0.0592. The molecule has 9 nitrogen and oxygen atoms in total. The largest absolute Gasteiger partial charge is 0.469 e. The standard InChI is InChI=1S/C22H32N2O7/c1-14(2)11-17(23-22(28)31-13-16-9-7-6-8-10-16)20(26)24-19(21(27)30-5)15(3)12-18(25)29-4/h6-10,14-15,17,19H,11-13H2,1-5H3,(H,23,28)(H,24,26)/t15-,17+,19+/m1/s1. The van der Waals surface area contributed by atoms with Gasteiger partial charge in [0.1, 0.15) is 18.7 Å². The molecule has 0 radical (unpaired) electrons. The summed E-state index contributed by atoms with van der Waals surface area (Å²) in [5, 5.41) is 5.14. The summed E-state index contributed by atoms with van der Waals surface area (Å²) in [5.74, 6) is -2.28. The molecule has 0 aliphatic rings. The van der Waals surface area contributed by atoms with Gasteiger partial charge in [-0.15, -0.1) is 0 Å². The van der Waals surface area contributed by atoms with Gasteiger partial charge in [-0.05, 0) is 23.8 Å². The van der Waals surface area contributed by atoms with Crippen LogP contribution < -0.4 is 10.6 Å². The minimum atomic E-state index is -1.08. The van der Waals surface area contributed by atoms with E-state index in [1.54, 1.807) is 6.92 Å². The van der Waals surface area contributed by atoms with Gasteiger partial charge >= 0.3 is 18.0 Å². The Hall–Kier alpha value is -3.10. The van der Waals surface area contributed by atoms with Crippen LogP contribution in [0.2, 0.25) is 0 Å². The average Bonchev–Trinajstić information content (AvgIpc) is 2.75. The van der Waals surface area contributed by atoms with E-state index in [-0.39, 0.29) is 18.9 Å². The summed E-state index contributed by atoms with van der Waals surface area (Å²) >= 11 is 0. The Labute approximate surface area is 182 Å². The summed E-state index contributed by atoms with van der Waals surface area (Å²) in [4.78, 5) is 48.9. The molecule has 0 aliphatic carbocycles. The number of benzene rings is 1. The van der Waals surface area contributed by atoms with E-state index in [1.807, 2.05) is 44.2 Å². The monoisotopic (exact) mass is 436 g/mol. The molecule has 0 spiro atoms. The maximum absolute atomic E-state index is 12.9. The van der Waals surface area contributed by atoms with Gasteiger partial charge in [0.25, 0.3) is 0 Å². The SMILES string of the molecule is COC(=O)C[C@@H](C)[C@H](NC(=O)[C@H](CC(C)C)NC(=O)OCc1ccccc1)C(=O)OC. The summed E-state index contributed by atoms with van der Waals surface area (Å²) in [6.07, 6.45) is -0.509. The Bertz CT molecular complexity index is 737. The van der Waals surface area contributed by atoms with Crippen molar-refractivity contribution in [2.24, 2.45) is 11.8 Å². The zero-order valence-corrected chi connectivity index (χ0v) is 18.7. The molecule has 2 N–H and O–H groups in total. The van der Waals surface area contributed by atoms with Crippen LogP contribution in [-0.2, 0) is 35.2 Å². The molecule has 1 aromatic rings. The number of rotatable bonds is 11. The van der Waals surface area contributed by atoms with Crippen molar-refractivity contribution in [1.82, 2.24) is 10.6 Å². The molecular weight excluding hydrogens is 404 g/mol. The number of hydrogen-bond donors (Lipinski definition) is 2. The highest BCUT2D eigenvalue weighted by Crippen LogP contribution is 2.13. The van der Waals surface area contributed by atoms with Gasteiger partial charge in [0, 0.05) is 0 Å². The van der Waals surface area contributed by atoms with E-state index in [9.17, 15) is 19.2 Å². The van der Waals surface area contributed by atoms with Crippen LogP contribution in [0, 0.1) is 11.8 Å². The van der Waals surface area contributed by atoms with Crippen LogP contribution >= 0.6 is 0 Å². The zero-order valence-electron chi connectivity index (χ0n) is 18.7. The van der Waals surface area contributed by atoms with Gasteiger partial charge in [-0.3, -0.25) is 9.59 Å². The topological polar surface area (TPSA) is 120 Å². The first-order valence-corrected chi connectivity index (χ1v) is 10.1. The molecule has 31 heavy (non-hydrogen) atoms. The number of methoxy groups -OCH3 is 2. The van der Waals surface area contributed by atoms with Crippen LogP contribution in [0.3, 0.4) is 0 Å². The Morgan fingerprint density at radius 3 is 2.13 bits per heavy atom. The highest BCUT2D eigenvalue weighted by molar-refractivity contribution is 5.90. The molecule has 9 heteroatoms. The van der Waals surface area contributed by atoms with Crippen molar-refractivity contribution in [3.63, 3.8) is 0 Å². The lowest BCUT2D eigenvalue weighted by atomic mass is 9.97. The minimum Gasteiger partial charge on any atom is -0.469 e. The maximum atomic E-state index is 12.9. The lowest BCUT2D eigenvalue weighted by Crippen LogP contribution is -2.54. The third-order valence-corrected chi connectivity index (χ3v) is 4.57. The molecule has 0 saturated carbocycles. The van der Waals surface area contributed by atoms with Gasteiger partial charge in [0.15, 0.2) is 0 Å². The molecule has 1 aromatic carbocycles. The van der Waals surface area contributed by atoms with Crippen LogP contribution in [0.4, 0.5) is 4.79 Å². The van der Waals surface area contributed by atoms with Crippen molar-refractivity contribution in [1.29, 1.82) is 0 Å². The van der Waals surface area contributed by atoms with E-state index < -0.39 is 41.9 Å². The lowest BCUT2D eigenvalue weighted by Gasteiger charge is -2.26. The smallest absolute Gasteiger partial charge is 0.408 e. The predicted molar refractivity (Wildman–Crippen MR) is 113 cm³/mol. The van der Waals surface area contributed by atoms with Gasteiger partial charge < -0.3 is 24.8 Å². The maximum Gasteiger partial charge on any atom is 0.408 e. The summed E-state index contributed by atoms with van der Waals surface area (Å²) in [5.41, 5.74) is 0.810. The van der Waals surface area contributed by atoms with E-state index in [1.165, 1.54) is 14.2 Å². The fourth-order valence-corrected chi connectivity index (χ4v) is 2.89. The van der Waals surface area contributed by atoms with Crippen LogP contribution in [0.1, 0.15) is 39.2 Å². The summed E-state index contributed by atoms with van der Waals surface area (Å²) in [6.45, 7) is 5.48. The molecule has 172 valence electrons. The molecule has 0 bridgehead atoms. The predicted octanol–water partition coefficient (Wildman–Crippen LogP) is 2.18. The van der Waals surface area contributed by atoms with Gasteiger partial charge in [0.2, 0.25) is 5.91 Å². The summed E-state index contributed by atoms with van der Waals surface area (Å²) in [7, 11) is 2.43. The van der Waals surface area contributed by atoms with Crippen molar-refractivity contribution in [3.8, 4) is 0 Å². The first-order chi connectivity index (χ1) is 14.7. The highest BCUT2D eigenvalue weighted by atomic mass is 16.5. The fraction of sp³-hybridized carbons (Fsp3) is 0.545. The van der Waals surface area contributed by atoms with Gasteiger partial charge in [-0.2, -0.15) is 0 Å². The van der Waals surface area contributed by atoms with Crippen LogP contribution in [-0.4, -0.2) is 50.2 Å². The second-order valence-corrected chi connectivity index (χ2v) is 7.66. The molecule has 0 heterocycles. The molecule has 0 aliphatic heterocycles. The lowest BCUT2D eigenvalue weighted by molar-refractivity contribution is -0.148. The van der Waals surface area contributed by atoms with E-state index in [2.05, 4.69) is 15.4 Å². The Kier molecular flexibility index (Phi) is 11.1. The Morgan fingerprint density at radius 2 is 1.58 bits per heavy atom. The van der Waals surface area contributed by atoms with Crippen LogP contribution in [0.15, 0.2) is 30.3 Å². The van der Waals surface area contributed by atoms with E-state index >= 15 is 0 Å². The van der Waals surface area contributed by atoms with Crippen molar-refractivity contribution in [3.05, 3.63) is 35.9 Å². The molecule has 3 atom stereocenters. The Morgan fingerprint density at radius 1 is 0.935 bits per heavy atom. The van der Waals surface area contributed by atoms with E-state index in [4.69, 9.17) is 9.47 Å². The van der Waals surface area contributed by atoms with Gasteiger partial charge in [-0.1, -0.05) is 51.1 Å². The highest BCUT2D eigenvalue weighted by Gasteiger charge is 2.32. The second kappa shape index (κ2) is 13.3. The Balaban J connectivity index is 2.82. The molecule has 2 amide bonds. The van der Waals surface area contributed by atoms with Crippen molar-refractivity contribution in [2.45, 2.75) is 52.3 Å². The third kappa shape index (κ3) is 9.50. The van der Waals surface area contributed by atoms with Gasteiger partial charge in [0.05, 0.1) is 20.6 Å². The van der Waals surface area contributed by atoms with E-state index in [0.717, 1.165) is 5.56 Å². The molecule has 0 aromatic heterocycles. The number of alkyl carbamates (subject to hydrolysis) is 1. The number of carbonyl (C=O) groups excluding carboxylic acids is 4. The molecule has 0 fully saturated rings. The quantitative estimate of drug-likeness (QED) is 0.403. The molecular formula is C22H32N2O7. The average molecular weight is 437 g/mol. The number of nitrogens with one attached hydrogen (secondary N) is 2. The number of esters is 2. The number of hydrogen-bond acceptors (Lipinski definition) is 7. The van der Waals surface area contributed by atoms with Gasteiger partial charge in [-0.25, -0.2) is 9.59 Å². The third-order valence-electron chi connectivity index (χ3n) is 4.57. The number of carbonyl (C=O) groups is 4. The molecule has 0 unspecified atom stereocenters. The normalized spacial score (nSPS) is 13.5. The second-order valence-electron chi connectivity index (χ2n) is 7.66. The number of ether oxygens (including phenoxy) is 3. The first kappa shape index (κ1) is 25.9. The van der Waals surface area contributed by atoms with Crippen LogP contribution in [0.25, 0.3) is 0 Å². The molecule has 0 saturated heterocycles. The number of amides is 2.